The highest BCUT2D eigenvalue weighted by atomic mass is 28.3. The molecule has 4 rings (SSSR count). The lowest BCUT2D eigenvalue weighted by Crippen LogP contribution is -2.54. The molecule has 7 nitrogen and oxygen atoms in total. The van der Waals surface area contributed by atoms with Crippen molar-refractivity contribution < 1.29 is 14.2 Å². The van der Waals surface area contributed by atoms with Crippen LogP contribution in [0.3, 0.4) is 0 Å². The van der Waals surface area contributed by atoms with Gasteiger partial charge in [-0.3, -0.25) is 10.1 Å². The molecule has 172 valence electrons. The van der Waals surface area contributed by atoms with E-state index in [1.54, 1.807) is 12.1 Å². The molecule has 0 amide bonds. The van der Waals surface area contributed by atoms with Crippen LogP contribution in [0.4, 0.5) is 5.69 Å². The fourth-order valence-electron chi connectivity index (χ4n) is 3.94. The van der Waals surface area contributed by atoms with Gasteiger partial charge in [-0.05, 0) is 52.0 Å². The summed E-state index contributed by atoms with van der Waals surface area (Å²) in [5, 5.41) is 17.4. The molecular formula is C24H30BN3O4Si. The Morgan fingerprint density at radius 1 is 0.939 bits per heavy atom. The first-order valence-corrected chi connectivity index (χ1v) is 14.6. The van der Waals surface area contributed by atoms with E-state index in [4.69, 9.17) is 14.4 Å². The van der Waals surface area contributed by atoms with Gasteiger partial charge in [0.1, 0.15) is 8.07 Å². The average molecular weight is 463 g/mol. The quantitative estimate of drug-likeness (QED) is 0.320. The van der Waals surface area contributed by atoms with Gasteiger partial charge >= 0.3 is 7.12 Å². The molecule has 0 unspecified atom stereocenters. The van der Waals surface area contributed by atoms with Crippen LogP contribution in [-0.2, 0) is 9.31 Å². The van der Waals surface area contributed by atoms with Crippen molar-refractivity contribution in [3.8, 4) is 16.9 Å². The Morgan fingerprint density at radius 2 is 1.48 bits per heavy atom. The Labute approximate surface area is 196 Å². The first kappa shape index (κ1) is 23.4. The highest BCUT2D eigenvalue weighted by molar-refractivity contribution is 6.92. The molecule has 9 heteroatoms. The van der Waals surface area contributed by atoms with Gasteiger partial charge in [-0.1, -0.05) is 37.8 Å². The first-order valence-electron chi connectivity index (χ1n) is 11.1. The first-order chi connectivity index (χ1) is 15.3. The summed E-state index contributed by atoms with van der Waals surface area (Å²) in [6.07, 6.45) is 0. The fourth-order valence-corrected chi connectivity index (χ4v) is 5.39. The van der Waals surface area contributed by atoms with Crippen LogP contribution >= 0.6 is 0 Å². The van der Waals surface area contributed by atoms with Crippen molar-refractivity contribution >= 4 is 31.7 Å². The monoisotopic (exact) mass is 463 g/mol. The van der Waals surface area contributed by atoms with E-state index < -0.39 is 26.4 Å². The number of non-ortho nitro benzene ring substituents is 1. The highest BCUT2D eigenvalue weighted by Crippen LogP contribution is 2.37. The summed E-state index contributed by atoms with van der Waals surface area (Å²) in [4.78, 5) is 10.9. The Balaban J connectivity index is 2.01. The maximum absolute atomic E-state index is 11.2. The van der Waals surface area contributed by atoms with E-state index in [9.17, 15) is 10.1 Å². The molecule has 0 aliphatic carbocycles. The summed E-state index contributed by atoms with van der Waals surface area (Å²) in [5.74, 6) is 0. The smallest absolute Gasteiger partial charge is 0.399 e. The van der Waals surface area contributed by atoms with Gasteiger partial charge in [0.2, 0.25) is 0 Å². The minimum atomic E-state index is -1.94. The standard InChI is InChI=1S/C24H30BN3O4Si/c1-23(2)24(3,4)32-25(31-23)20-21(17-13-15-19(16-14-17)28(29)30)27(18-11-9-8-10-12-18)26-22(20)33(5,6)7/h8-16H,1-7H3. The highest BCUT2D eigenvalue weighted by Gasteiger charge is 2.54. The van der Waals surface area contributed by atoms with E-state index in [0.29, 0.717) is 0 Å². The maximum atomic E-state index is 11.2. The van der Waals surface area contributed by atoms with E-state index in [1.165, 1.54) is 12.1 Å². The van der Waals surface area contributed by atoms with Crippen molar-refractivity contribution in [3.63, 3.8) is 0 Å². The number of nitrogens with zero attached hydrogens (tertiary/aromatic N) is 3. The van der Waals surface area contributed by atoms with E-state index in [-0.39, 0.29) is 10.6 Å². The molecule has 0 radical (unpaired) electrons. The molecule has 1 aliphatic heterocycles. The molecule has 1 aliphatic rings. The van der Waals surface area contributed by atoms with E-state index >= 15 is 0 Å². The summed E-state index contributed by atoms with van der Waals surface area (Å²) in [6.45, 7) is 14.9. The zero-order chi connectivity index (χ0) is 24.2. The van der Waals surface area contributed by atoms with Gasteiger partial charge < -0.3 is 9.31 Å². The third-order valence-corrected chi connectivity index (χ3v) is 8.26. The minimum absolute atomic E-state index is 0.0483. The Hall–Kier alpha value is -2.75. The Morgan fingerprint density at radius 3 is 1.97 bits per heavy atom. The zero-order valence-electron chi connectivity index (χ0n) is 20.2. The lowest BCUT2D eigenvalue weighted by molar-refractivity contribution is -0.384. The Bertz CT molecular complexity index is 1170. The molecule has 0 atom stereocenters. The van der Waals surface area contributed by atoms with Crippen molar-refractivity contribution in [1.29, 1.82) is 0 Å². The fraction of sp³-hybridized carbons (Fsp3) is 0.375. The topological polar surface area (TPSA) is 79.4 Å². The molecule has 0 N–H and O–H groups in total. The summed E-state index contributed by atoms with van der Waals surface area (Å²) >= 11 is 0. The van der Waals surface area contributed by atoms with Crippen LogP contribution < -0.4 is 10.8 Å². The van der Waals surface area contributed by atoms with E-state index in [1.807, 2.05) is 62.7 Å². The molecule has 1 aromatic heterocycles. The molecule has 3 aromatic rings. The number of hydrogen-bond donors (Lipinski definition) is 0. The molecule has 0 bridgehead atoms. The molecule has 0 spiro atoms. The second-order valence-electron chi connectivity index (χ2n) is 10.5. The summed E-state index contributed by atoms with van der Waals surface area (Å²) in [5.41, 5.74) is 2.52. The number of rotatable bonds is 5. The molecule has 33 heavy (non-hydrogen) atoms. The van der Waals surface area contributed by atoms with Crippen LogP contribution in [0.2, 0.25) is 19.6 Å². The van der Waals surface area contributed by atoms with Crippen LogP contribution in [0.25, 0.3) is 16.9 Å². The van der Waals surface area contributed by atoms with Crippen molar-refractivity contribution in [2.75, 3.05) is 0 Å². The van der Waals surface area contributed by atoms with Gasteiger partial charge in [0, 0.05) is 28.5 Å². The van der Waals surface area contributed by atoms with Crippen molar-refractivity contribution in [1.82, 2.24) is 9.78 Å². The third-order valence-electron chi connectivity index (χ3n) is 6.47. The van der Waals surface area contributed by atoms with Crippen LogP contribution in [0.15, 0.2) is 54.6 Å². The van der Waals surface area contributed by atoms with E-state index in [2.05, 4.69) is 19.6 Å². The van der Waals surface area contributed by atoms with Crippen molar-refractivity contribution in [2.24, 2.45) is 0 Å². The number of aromatic nitrogens is 2. The van der Waals surface area contributed by atoms with Gasteiger partial charge in [0.05, 0.1) is 27.5 Å². The number of benzene rings is 2. The van der Waals surface area contributed by atoms with Gasteiger partial charge in [-0.15, -0.1) is 0 Å². The lowest BCUT2D eigenvalue weighted by Gasteiger charge is -2.32. The molecule has 0 saturated carbocycles. The number of hydrogen-bond acceptors (Lipinski definition) is 5. The lowest BCUT2D eigenvalue weighted by atomic mass is 9.77. The molecule has 1 fully saturated rings. The van der Waals surface area contributed by atoms with Crippen molar-refractivity contribution in [3.05, 3.63) is 64.7 Å². The van der Waals surface area contributed by atoms with E-state index in [0.717, 1.165) is 27.7 Å². The van der Waals surface area contributed by atoms with Gasteiger partial charge in [0.15, 0.2) is 0 Å². The minimum Gasteiger partial charge on any atom is -0.399 e. The van der Waals surface area contributed by atoms with Crippen LogP contribution in [0, 0.1) is 10.1 Å². The summed E-state index contributed by atoms with van der Waals surface area (Å²) in [6, 6.07) is 16.5. The largest absolute Gasteiger partial charge is 0.498 e. The van der Waals surface area contributed by atoms with Gasteiger partial charge in [-0.2, -0.15) is 5.10 Å². The van der Waals surface area contributed by atoms with Crippen LogP contribution in [0.5, 0.6) is 0 Å². The van der Waals surface area contributed by atoms with Crippen LogP contribution in [0.1, 0.15) is 27.7 Å². The molecule has 2 heterocycles. The van der Waals surface area contributed by atoms with Gasteiger partial charge in [0.25, 0.3) is 5.69 Å². The molecule has 1 saturated heterocycles. The number of nitro benzene ring substituents is 1. The molecular weight excluding hydrogens is 433 g/mol. The Kier molecular flexibility index (Phi) is 5.63. The predicted octanol–water partition coefficient (Wildman–Crippen LogP) is 4.29. The number of para-hydroxylation sites is 1. The third kappa shape index (κ3) is 4.16. The van der Waals surface area contributed by atoms with Crippen molar-refractivity contribution in [2.45, 2.75) is 58.5 Å². The molecule has 2 aromatic carbocycles. The average Bonchev–Trinajstić information content (AvgIpc) is 3.23. The normalized spacial score (nSPS) is 17.4. The predicted molar refractivity (Wildman–Crippen MR) is 134 cm³/mol. The van der Waals surface area contributed by atoms with Crippen LogP contribution in [-0.4, -0.2) is 41.1 Å². The van der Waals surface area contributed by atoms with Gasteiger partial charge in [-0.25, -0.2) is 4.68 Å². The second-order valence-corrected chi connectivity index (χ2v) is 15.5. The summed E-state index contributed by atoms with van der Waals surface area (Å²) in [7, 11) is -2.54. The number of nitro groups is 1. The maximum Gasteiger partial charge on any atom is 0.498 e. The SMILES string of the molecule is CC1(C)OB(c2c([Si](C)(C)C)nn(-c3ccccc3)c2-c2ccc([N+](=O)[O-])cc2)OC1(C)C. The second kappa shape index (κ2) is 7.93. The summed E-state index contributed by atoms with van der Waals surface area (Å²) < 4.78 is 14.9. The zero-order valence-corrected chi connectivity index (χ0v) is 21.2.